The predicted molar refractivity (Wildman–Crippen MR) is 192 cm³/mol. The average Bonchev–Trinajstić information content (AvgIpc) is 3.13. The summed E-state index contributed by atoms with van der Waals surface area (Å²) in [5.41, 5.74) is 2.28. The van der Waals surface area contributed by atoms with Crippen molar-refractivity contribution in [2.45, 2.75) is 58.4 Å². The minimum Gasteiger partial charge on any atom is -0.493 e. The molecule has 3 aromatic rings. The van der Waals surface area contributed by atoms with Crippen LogP contribution >= 0.6 is 0 Å². The van der Waals surface area contributed by atoms with Gasteiger partial charge in [-0.1, -0.05) is 24.3 Å². The molecule has 16 heteroatoms. The molecule has 4 rings (SSSR count). The number of benzene rings is 2. The molecule has 0 bridgehead atoms. The monoisotopic (exact) mass is 750 g/mol. The second-order valence-electron chi connectivity index (χ2n) is 11.6. The lowest BCUT2D eigenvalue weighted by Crippen LogP contribution is -2.63. The van der Waals surface area contributed by atoms with E-state index in [9.17, 15) is 19.2 Å². The van der Waals surface area contributed by atoms with Crippen LogP contribution in [0.25, 0.3) is 24.3 Å². The quantitative estimate of drug-likeness (QED) is 0.158. The third-order valence-electron chi connectivity index (χ3n) is 7.62. The van der Waals surface area contributed by atoms with Crippen LogP contribution in [0.3, 0.4) is 0 Å². The molecule has 288 valence electrons. The molecule has 0 N–H and O–H groups in total. The number of rotatable bonds is 15. The minimum atomic E-state index is -1.56. The van der Waals surface area contributed by atoms with Crippen LogP contribution in [0.5, 0.6) is 29.0 Å². The first-order valence-corrected chi connectivity index (χ1v) is 16.5. The molecular weight excluding hydrogens is 708 g/mol. The van der Waals surface area contributed by atoms with Gasteiger partial charge in [-0.05, 0) is 53.6 Å². The Kier molecular flexibility index (Phi) is 14.3. The molecule has 1 saturated heterocycles. The van der Waals surface area contributed by atoms with E-state index >= 15 is 0 Å². The molecule has 1 aliphatic heterocycles. The highest BCUT2D eigenvalue weighted by molar-refractivity contribution is 5.74. The average molecular weight is 751 g/mol. The fourth-order valence-electron chi connectivity index (χ4n) is 5.35. The van der Waals surface area contributed by atoms with Gasteiger partial charge in [0, 0.05) is 27.7 Å². The first-order valence-electron chi connectivity index (χ1n) is 16.5. The summed E-state index contributed by atoms with van der Waals surface area (Å²) in [5.74, 6) is -0.853. The van der Waals surface area contributed by atoms with Crippen molar-refractivity contribution in [3.05, 3.63) is 65.0 Å². The number of carbonyl (C=O) groups excluding carboxylic acids is 4. The van der Waals surface area contributed by atoms with Crippen LogP contribution in [0.2, 0.25) is 0 Å². The first-order chi connectivity index (χ1) is 25.8. The summed E-state index contributed by atoms with van der Waals surface area (Å²) >= 11 is 0. The zero-order valence-electron chi connectivity index (χ0n) is 31.1. The van der Waals surface area contributed by atoms with Crippen LogP contribution in [0.1, 0.15) is 50.2 Å². The second kappa shape index (κ2) is 19.1. The highest BCUT2D eigenvalue weighted by atomic mass is 16.7. The van der Waals surface area contributed by atoms with E-state index in [2.05, 4.69) is 9.97 Å². The topological polar surface area (TPSA) is 186 Å². The SMILES string of the molecule is COc1ccc(/C=C/c2cc(/C=C/c3ccc(OC)c(OC)c3)nc(O[C@@H]3O[C@H](COC(C)=O)[C@@H](OC(C)=O)[C@H](OC(C)=O)[C@H]3OC(C)=O)n2)cc1OC. The number of nitrogens with zero attached hydrogens (tertiary/aromatic N) is 2. The van der Waals surface area contributed by atoms with E-state index in [1.807, 2.05) is 12.1 Å². The smallest absolute Gasteiger partial charge is 0.319 e. The van der Waals surface area contributed by atoms with Gasteiger partial charge in [0.25, 0.3) is 0 Å². The summed E-state index contributed by atoms with van der Waals surface area (Å²) in [6.45, 7) is 4.11. The summed E-state index contributed by atoms with van der Waals surface area (Å²) in [4.78, 5) is 57.6. The Morgan fingerprint density at radius 2 is 1.06 bits per heavy atom. The van der Waals surface area contributed by atoms with Crippen molar-refractivity contribution in [2.75, 3.05) is 35.0 Å². The highest BCUT2D eigenvalue weighted by Crippen LogP contribution is 2.32. The predicted octanol–water partition coefficient (Wildman–Crippen LogP) is 4.31. The van der Waals surface area contributed by atoms with Gasteiger partial charge in [-0.15, -0.1) is 0 Å². The molecule has 54 heavy (non-hydrogen) atoms. The van der Waals surface area contributed by atoms with Crippen LogP contribution in [0.4, 0.5) is 0 Å². The lowest BCUT2D eigenvalue weighted by atomic mass is 9.98. The number of esters is 4. The van der Waals surface area contributed by atoms with E-state index in [4.69, 9.17) is 47.4 Å². The second-order valence-corrected chi connectivity index (χ2v) is 11.6. The van der Waals surface area contributed by atoms with Gasteiger partial charge in [-0.25, -0.2) is 0 Å². The molecule has 0 spiro atoms. The van der Waals surface area contributed by atoms with Crippen molar-refractivity contribution in [1.82, 2.24) is 9.97 Å². The first kappa shape index (κ1) is 40.6. The van der Waals surface area contributed by atoms with Gasteiger partial charge < -0.3 is 47.4 Å². The number of hydrogen-bond acceptors (Lipinski definition) is 16. The number of hydrogen-bond donors (Lipinski definition) is 0. The minimum absolute atomic E-state index is 0.239. The Labute approximate surface area is 311 Å². The van der Waals surface area contributed by atoms with Crippen molar-refractivity contribution in [1.29, 1.82) is 0 Å². The summed E-state index contributed by atoms with van der Waals surface area (Å²) < 4.78 is 55.5. The summed E-state index contributed by atoms with van der Waals surface area (Å²) in [6.07, 6.45) is -0.139. The molecule has 0 radical (unpaired) electrons. The van der Waals surface area contributed by atoms with Crippen LogP contribution in [0, 0.1) is 0 Å². The largest absolute Gasteiger partial charge is 0.493 e. The normalized spacial score (nSPS) is 19.4. The maximum absolute atomic E-state index is 12.4. The van der Waals surface area contributed by atoms with Gasteiger partial charge in [0.2, 0.25) is 12.4 Å². The van der Waals surface area contributed by atoms with Crippen molar-refractivity contribution < 1.29 is 66.5 Å². The molecule has 5 atom stereocenters. The molecule has 1 aromatic heterocycles. The Balaban J connectivity index is 1.79. The number of aromatic nitrogens is 2. The third kappa shape index (κ3) is 11.2. The van der Waals surface area contributed by atoms with Crippen molar-refractivity contribution >= 4 is 48.2 Å². The molecule has 16 nitrogen and oxygen atoms in total. The molecule has 2 aromatic carbocycles. The van der Waals surface area contributed by atoms with Gasteiger partial charge in [0.15, 0.2) is 35.2 Å². The molecule has 0 unspecified atom stereocenters. The van der Waals surface area contributed by atoms with Crippen LogP contribution < -0.4 is 23.7 Å². The summed E-state index contributed by atoms with van der Waals surface area (Å²) in [6, 6.07) is 12.2. The van der Waals surface area contributed by atoms with Gasteiger partial charge in [-0.2, -0.15) is 9.97 Å². The van der Waals surface area contributed by atoms with E-state index in [1.165, 1.54) is 21.1 Å². The van der Waals surface area contributed by atoms with Crippen molar-refractivity contribution in [3.8, 4) is 29.0 Å². The van der Waals surface area contributed by atoms with Gasteiger partial charge >= 0.3 is 29.9 Å². The van der Waals surface area contributed by atoms with Gasteiger partial charge in [-0.3, -0.25) is 19.2 Å². The molecule has 0 aliphatic carbocycles. The molecule has 1 aliphatic rings. The number of carbonyl (C=O) groups is 4. The zero-order valence-corrected chi connectivity index (χ0v) is 31.1. The molecule has 1 fully saturated rings. The van der Waals surface area contributed by atoms with Crippen LogP contribution in [-0.4, -0.2) is 99.6 Å². The fraction of sp³-hybridized carbons (Fsp3) is 0.368. The van der Waals surface area contributed by atoms with Crippen molar-refractivity contribution in [3.63, 3.8) is 0 Å². The van der Waals surface area contributed by atoms with Gasteiger partial charge in [0.1, 0.15) is 12.7 Å². The molecule has 0 amide bonds. The Hall–Kier alpha value is -6.16. The third-order valence-corrected chi connectivity index (χ3v) is 7.62. The summed E-state index contributed by atoms with van der Waals surface area (Å²) in [7, 11) is 6.14. The zero-order chi connectivity index (χ0) is 39.4. The van der Waals surface area contributed by atoms with E-state index < -0.39 is 61.2 Å². The standard InChI is InChI=1S/C38H42N2O14/c1-21(41)49-20-33-34(50-22(2)42)35(51-23(3)43)36(52-24(4)44)37(53-33)54-38-39-27(13-9-25-11-15-29(45-5)31(17-25)47-7)19-28(40-38)14-10-26-12-16-30(46-6)32(18-26)48-8/h9-19,33-37H,20H2,1-8H3/b13-9+,14-10+/t33-,34-,35+,36-,37+/m1/s1. The molecular formula is C38H42N2O14. The van der Waals surface area contributed by atoms with E-state index in [-0.39, 0.29) is 6.01 Å². The lowest BCUT2D eigenvalue weighted by Gasteiger charge is -2.43. The number of ether oxygens (including phenoxy) is 10. The molecule has 2 heterocycles. The van der Waals surface area contributed by atoms with Crippen LogP contribution in [0.15, 0.2) is 42.5 Å². The Morgan fingerprint density at radius 3 is 1.50 bits per heavy atom. The van der Waals surface area contributed by atoms with E-state index in [1.54, 1.807) is 68.9 Å². The highest BCUT2D eigenvalue weighted by Gasteiger charge is 2.53. The summed E-state index contributed by atoms with van der Waals surface area (Å²) in [5, 5.41) is 0. The van der Waals surface area contributed by atoms with E-state index in [0.717, 1.165) is 31.9 Å². The Morgan fingerprint density at radius 1 is 0.593 bits per heavy atom. The number of methoxy groups -OCH3 is 4. The van der Waals surface area contributed by atoms with E-state index in [0.29, 0.717) is 34.4 Å². The van der Waals surface area contributed by atoms with Gasteiger partial charge in [0.05, 0.1) is 39.8 Å². The lowest BCUT2D eigenvalue weighted by molar-refractivity contribution is -0.289. The fourth-order valence-corrected chi connectivity index (χ4v) is 5.35. The maximum atomic E-state index is 12.4. The van der Waals surface area contributed by atoms with Crippen molar-refractivity contribution in [2.24, 2.45) is 0 Å². The van der Waals surface area contributed by atoms with Crippen LogP contribution in [-0.2, 0) is 42.9 Å². The Bertz CT molecular complexity index is 1790. The molecule has 0 saturated carbocycles. The maximum Gasteiger partial charge on any atom is 0.319 e.